The van der Waals surface area contributed by atoms with Gasteiger partial charge in [0.05, 0.1) is 17.9 Å². The summed E-state index contributed by atoms with van der Waals surface area (Å²) in [4.78, 5) is 2.15. The van der Waals surface area contributed by atoms with Crippen LogP contribution >= 0.6 is 0 Å². The van der Waals surface area contributed by atoms with Gasteiger partial charge in [-0.2, -0.15) is 5.10 Å². The van der Waals surface area contributed by atoms with Crippen LogP contribution in [0.25, 0.3) is 5.69 Å². The average molecular weight is 297 g/mol. The van der Waals surface area contributed by atoms with Gasteiger partial charge in [-0.05, 0) is 26.1 Å². The molecule has 0 N–H and O–H groups in total. The molecule has 6 heteroatoms. The Morgan fingerprint density at radius 2 is 2.00 bits per heavy atom. The Bertz CT molecular complexity index is 734. The predicted octanol–water partition coefficient (Wildman–Crippen LogP) is 2.76. The number of aromatic nitrogens is 4. The van der Waals surface area contributed by atoms with Crippen LogP contribution in [0.15, 0.2) is 47.1 Å². The number of rotatable bonds is 5. The molecule has 0 aliphatic rings. The first kappa shape index (κ1) is 14.5. The Kier molecular flexibility index (Phi) is 4.02. The molecule has 114 valence electrons. The van der Waals surface area contributed by atoms with E-state index in [1.165, 1.54) is 0 Å². The zero-order chi connectivity index (χ0) is 15.5. The van der Waals surface area contributed by atoms with Gasteiger partial charge >= 0.3 is 0 Å². The summed E-state index contributed by atoms with van der Waals surface area (Å²) in [6, 6.07) is 10.1. The van der Waals surface area contributed by atoms with Crippen LogP contribution in [0, 0.1) is 6.92 Å². The van der Waals surface area contributed by atoms with Crippen LogP contribution in [0.5, 0.6) is 0 Å². The third kappa shape index (κ3) is 3.07. The van der Waals surface area contributed by atoms with E-state index in [0.717, 1.165) is 17.8 Å². The number of nitrogens with zero attached hydrogens (tertiary/aromatic N) is 5. The fraction of sp³-hybridized carbons (Fsp3) is 0.312. The third-order valence-corrected chi connectivity index (χ3v) is 3.65. The van der Waals surface area contributed by atoms with Crippen molar-refractivity contribution in [1.82, 2.24) is 24.9 Å². The summed E-state index contributed by atoms with van der Waals surface area (Å²) in [6.07, 6.45) is 3.92. The highest BCUT2D eigenvalue weighted by Gasteiger charge is 2.18. The summed E-state index contributed by atoms with van der Waals surface area (Å²) in [6.45, 7) is 4.61. The number of hydrogen-bond donors (Lipinski definition) is 0. The van der Waals surface area contributed by atoms with Crippen LogP contribution in [-0.4, -0.2) is 31.9 Å². The van der Waals surface area contributed by atoms with E-state index < -0.39 is 0 Å². The van der Waals surface area contributed by atoms with Crippen molar-refractivity contribution in [2.45, 2.75) is 26.4 Å². The Balaban J connectivity index is 1.69. The number of hydrogen-bond acceptors (Lipinski definition) is 5. The van der Waals surface area contributed by atoms with Crippen molar-refractivity contribution in [3.63, 3.8) is 0 Å². The van der Waals surface area contributed by atoms with E-state index in [0.29, 0.717) is 11.8 Å². The van der Waals surface area contributed by atoms with E-state index in [-0.39, 0.29) is 6.04 Å². The van der Waals surface area contributed by atoms with Gasteiger partial charge in [0.15, 0.2) is 0 Å². The van der Waals surface area contributed by atoms with Crippen molar-refractivity contribution < 1.29 is 4.42 Å². The van der Waals surface area contributed by atoms with Gasteiger partial charge < -0.3 is 4.42 Å². The summed E-state index contributed by atoms with van der Waals surface area (Å²) in [5.41, 5.74) is 2.19. The van der Waals surface area contributed by atoms with E-state index in [1.54, 1.807) is 6.92 Å². The molecule has 1 atom stereocenters. The first-order valence-corrected chi connectivity index (χ1v) is 7.22. The molecule has 22 heavy (non-hydrogen) atoms. The number of aryl methyl sites for hydroxylation is 1. The maximum Gasteiger partial charge on any atom is 0.233 e. The van der Waals surface area contributed by atoms with E-state index in [4.69, 9.17) is 4.42 Å². The van der Waals surface area contributed by atoms with Gasteiger partial charge in [-0.3, -0.25) is 4.90 Å². The molecule has 3 rings (SSSR count). The Morgan fingerprint density at radius 1 is 1.23 bits per heavy atom. The van der Waals surface area contributed by atoms with Crippen LogP contribution in [0.4, 0.5) is 0 Å². The molecule has 0 unspecified atom stereocenters. The van der Waals surface area contributed by atoms with Gasteiger partial charge in [0.1, 0.15) is 0 Å². The van der Waals surface area contributed by atoms with Crippen LogP contribution < -0.4 is 0 Å². The zero-order valence-corrected chi connectivity index (χ0v) is 13.0. The fourth-order valence-electron chi connectivity index (χ4n) is 2.26. The molecular weight excluding hydrogens is 278 g/mol. The molecule has 0 radical (unpaired) electrons. The second-order valence-corrected chi connectivity index (χ2v) is 5.38. The van der Waals surface area contributed by atoms with Crippen LogP contribution in [0.3, 0.4) is 0 Å². The zero-order valence-electron chi connectivity index (χ0n) is 13.0. The summed E-state index contributed by atoms with van der Waals surface area (Å²) >= 11 is 0. The SMILES string of the molecule is Cc1nnc([C@@H](C)N(C)Cc2cnn(-c3ccccc3)c2)o1. The van der Waals surface area contributed by atoms with E-state index in [1.807, 2.05) is 54.5 Å². The maximum absolute atomic E-state index is 5.49. The molecule has 0 fully saturated rings. The fourth-order valence-corrected chi connectivity index (χ4v) is 2.26. The molecule has 1 aromatic carbocycles. The van der Waals surface area contributed by atoms with Gasteiger partial charge in [0, 0.05) is 25.2 Å². The summed E-state index contributed by atoms with van der Waals surface area (Å²) in [5, 5.41) is 12.4. The van der Waals surface area contributed by atoms with Crippen molar-refractivity contribution in [2.75, 3.05) is 7.05 Å². The maximum atomic E-state index is 5.49. The van der Waals surface area contributed by atoms with Crippen molar-refractivity contribution in [3.8, 4) is 5.69 Å². The van der Waals surface area contributed by atoms with E-state index >= 15 is 0 Å². The topological polar surface area (TPSA) is 60.0 Å². The molecule has 0 aliphatic carbocycles. The second-order valence-electron chi connectivity index (χ2n) is 5.38. The predicted molar refractivity (Wildman–Crippen MR) is 82.5 cm³/mol. The Labute approximate surface area is 129 Å². The second kappa shape index (κ2) is 6.11. The highest BCUT2D eigenvalue weighted by atomic mass is 16.4. The Morgan fingerprint density at radius 3 is 2.68 bits per heavy atom. The quantitative estimate of drug-likeness (QED) is 0.724. The van der Waals surface area contributed by atoms with Gasteiger partial charge in [-0.15, -0.1) is 10.2 Å². The van der Waals surface area contributed by atoms with Crippen LogP contribution in [0.2, 0.25) is 0 Å². The molecule has 0 aliphatic heterocycles. The first-order valence-electron chi connectivity index (χ1n) is 7.22. The number of para-hydroxylation sites is 1. The molecule has 2 heterocycles. The first-order chi connectivity index (χ1) is 10.6. The Hall–Kier alpha value is -2.47. The molecule has 2 aromatic heterocycles. The molecule has 6 nitrogen and oxygen atoms in total. The molecule has 3 aromatic rings. The summed E-state index contributed by atoms with van der Waals surface area (Å²) in [7, 11) is 2.03. The van der Waals surface area contributed by atoms with Crippen molar-refractivity contribution >= 4 is 0 Å². The lowest BCUT2D eigenvalue weighted by Gasteiger charge is -2.20. The monoisotopic (exact) mass is 297 g/mol. The average Bonchev–Trinajstić information content (AvgIpc) is 3.16. The van der Waals surface area contributed by atoms with Crippen molar-refractivity contribution in [3.05, 3.63) is 60.1 Å². The molecular formula is C16H19N5O. The van der Waals surface area contributed by atoms with Crippen molar-refractivity contribution in [1.29, 1.82) is 0 Å². The van der Waals surface area contributed by atoms with Gasteiger partial charge in [0.2, 0.25) is 11.8 Å². The third-order valence-electron chi connectivity index (χ3n) is 3.65. The van der Waals surface area contributed by atoms with E-state index in [2.05, 4.69) is 27.1 Å². The molecule has 0 bridgehead atoms. The molecule has 0 saturated carbocycles. The van der Waals surface area contributed by atoms with Gasteiger partial charge in [-0.25, -0.2) is 4.68 Å². The van der Waals surface area contributed by atoms with Crippen molar-refractivity contribution in [2.24, 2.45) is 0 Å². The lowest BCUT2D eigenvalue weighted by atomic mass is 10.2. The largest absolute Gasteiger partial charge is 0.424 e. The minimum atomic E-state index is 0.0567. The molecule has 0 saturated heterocycles. The number of benzene rings is 1. The standard InChI is InChI=1S/C16H19N5O/c1-12(16-19-18-13(2)22-16)20(3)10-14-9-17-21(11-14)15-7-5-4-6-8-15/h4-9,11-12H,10H2,1-3H3/t12-/m1/s1. The summed E-state index contributed by atoms with van der Waals surface area (Å²) < 4.78 is 7.37. The lowest BCUT2D eigenvalue weighted by molar-refractivity contribution is 0.215. The minimum Gasteiger partial charge on any atom is -0.424 e. The highest BCUT2D eigenvalue weighted by Crippen LogP contribution is 2.19. The minimum absolute atomic E-state index is 0.0567. The van der Waals surface area contributed by atoms with Gasteiger partial charge in [-0.1, -0.05) is 18.2 Å². The summed E-state index contributed by atoms with van der Waals surface area (Å²) in [5.74, 6) is 1.22. The van der Waals surface area contributed by atoms with Crippen LogP contribution in [-0.2, 0) is 6.54 Å². The van der Waals surface area contributed by atoms with E-state index in [9.17, 15) is 0 Å². The smallest absolute Gasteiger partial charge is 0.233 e. The van der Waals surface area contributed by atoms with Gasteiger partial charge in [0.25, 0.3) is 0 Å². The highest BCUT2D eigenvalue weighted by molar-refractivity contribution is 5.30. The molecule has 0 spiro atoms. The lowest BCUT2D eigenvalue weighted by Crippen LogP contribution is -2.22. The molecule has 0 amide bonds. The normalized spacial score (nSPS) is 12.7. The van der Waals surface area contributed by atoms with Crippen LogP contribution in [0.1, 0.15) is 30.3 Å².